The van der Waals surface area contributed by atoms with Crippen LogP contribution >= 0.6 is 0 Å². The molecule has 2 unspecified atom stereocenters. The summed E-state index contributed by atoms with van der Waals surface area (Å²) in [5.41, 5.74) is 2.33. The third-order valence-corrected chi connectivity index (χ3v) is 5.39. The number of nitrogens with one attached hydrogen (secondary N) is 2. The molecule has 0 aromatic carbocycles. The molecule has 1 aromatic heterocycles. The number of nitrogens with zero attached hydrogens (tertiary/aromatic N) is 1. The molecule has 0 spiro atoms. The highest BCUT2D eigenvalue weighted by molar-refractivity contribution is 7.89. The van der Waals surface area contributed by atoms with Crippen molar-refractivity contribution in [2.24, 2.45) is 11.8 Å². The van der Waals surface area contributed by atoms with Crippen LogP contribution in [0.2, 0.25) is 0 Å². The molecule has 0 radical (unpaired) electrons. The average molecular weight is 298 g/mol. The molecule has 0 bridgehead atoms. The summed E-state index contributed by atoms with van der Waals surface area (Å²) in [5.74, 6) is 5.84. The van der Waals surface area contributed by atoms with Crippen molar-refractivity contribution in [2.45, 2.75) is 50.0 Å². The molecule has 0 amide bonds. The van der Waals surface area contributed by atoms with E-state index < -0.39 is 10.0 Å². The number of hydrogen-bond donors (Lipinski definition) is 3. The van der Waals surface area contributed by atoms with Crippen LogP contribution in [-0.2, 0) is 10.0 Å². The van der Waals surface area contributed by atoms with Gasteiger partial charge in [-0.2, -0.15) is 0 Å². The topological polar surface area (TPSA) is 97.1 Å². The molecule has 6 nitrogen and oxygen atoms in total. The van der Waals surface area contributed by atoms with Crippen molar-refractivity contribution in [3.8, 4) is 0 Å². The predicted octanol–water partition coefficient (Wildman–Crippen LogP) is 1.61. The number of nitrogen functional groups attached to an aromatic ring is 1. The minimum Gasteiger partial charge on any atom is -0.307 e. The molecule has 7 heteroatoms. The third kappa shape index (κ3) is 3.47. The summed E-state index contributed by atoms with van der Waals surface area (Å²) in [4.78, 5) is 4.04. The molecule has 1 aliphatic rings. The van der Waals surface area contributed by atoms with Crippen LogP contribution in [0.15, 0.2) is 23.2 Å². The van der Waals surface area contributed by atoms with Crippen molar-refractivity contribution < 1.29 is 8.42 Å². The van der Waals surface area contributed by atoms with Crippen LogP contribution in [0.3, 0.4) is 0 Å². The highest BCUT2D eigenvalue weighted by Gasteiger charge is 2.27. The van der Waals surface area contributed by atoms with E-state index in [2.05, 4.69) is 22.1 Å². The fourth-order valence-corrected chi connectivity index (χ4v) is 4.15. The maximum absolute atomic E-state index is 12.5. The molecule has 0 aliphatic heterocycles. The zero-order chi connectivity index (χ0) is 14.6. The van der Waals surface area contributed by atoms with Gasteiger partial charge in [0, 0.05) is 12.2 Å². The first-order chi connectivity index (χ1) is 9.54. The van der Waals surface area contributed by atoms with Crippen LogP contribution in [0.1, 0.15) is 39.0 Å². The van der Waals surface area contributed by atoms with Crippen molar-refractivity contribution in [3.63, 3.8) is 0 Å². The first-order valence-electron chi connectivity index (χ1n) is 6.98. The normalized spacial score (nSPS) is 24.1. The summed E-state index contributed by atoms with van der Waals surface area (Å²) >= 11 is 0. The quantitative estimate of drug-likeness (QED) is 0.446. The fraction of sp³-hybridized carbons (Fsp3) is 0.615. The van der Waals surface area contributed by atoms with Gasteiger partial charge in [0.2, 0.25) is 10.0 Å². The van der Waals surface area contributed by atoms with Gasteiger partial charge in [0.05, 0.1) is 0 Å². The van der Waals surface area contributed by atoms with E-state index in [-0.39, 0.29) is 16.8 Å². The van der Waals surface area contributed by atoms with Gasteiger partial charge in [-0.05, 0) is 30.9 Å². The van der Waals surface area contributed by atoms with Crippen molar-refractivity contribution in [2.75, 3.05) is 5.43 Å². The van der Waals surface area contributed by atoms with Crippen LogP contribution < -0.4 is 16.0 Å². The zero-order valence-electron chi connectivity index (χ0n) is 11.7. The van der Waals surface area contributed by atoms with Gasteiger partial charge in [-0.25, -0.2) is 24.0 Å². The van der Waals surface area contributed by atoms with Gasteiger partial charge in [0.15, 0.2) is 5.82 Å². The molecule has 1 aromatic rings. The zero-order valence-corrected chi connectivity index (χ0v) is 12.5. The Morgan fingerprint density at radius 1 is 1.30 bits per heavy atom. The summed E-state index contributed by atoms with van der Waals surface area (Å²) in [6, 6.07) is 3.07. The van der Waals surface area contributed by atoms with E-state index in [4.69, 9.17) is 5.84 Å². The number of pyridine rings is 1. The van der Waals surface area contributed by atoms with E-state index in [0.717, 1.165) is 19.3 Å². The van der Waals surface area contributed by atoms with Gasteiger partial charge in [-0.15, -0.1) is 0 Å². The van der Waals surface area contributed by atoms with Crippen molar-refractivity contribution in [1.82, 2.24) is 9.71 Å². The van der Waals surface area contributed by atoms with Crippen molar-refractivity contribution in [3.05, 3.63) is 18.3 Å². The lowest BCUT2D eigenvalue weighted by Crippen LogP contribution is -2.39. The average Bonchev–Trinajstić information content (AvgIpc) is 2.64. The minimum absolute atomic E-state index is 0.0201. The standard InChI is InChI=1S/C13H22N4O2S/c1-10-6-3-2-4-7-11(10)17-20(18,19)12-8-5-9-15-13(12)16-14/h5,8-11,17H,2-4,6-7,14H2,1H3,(H,15,16). The summed E-state index contributed by atoms with van der Waals surface area (Å²) in [7, 11) is -3.61. The molecule has 20 heavy (non-hydrogen) atoms. The fourth-order valence-electron chi connectivity index (χ4n) is 2.65. The van der Waals surface area contributed by atoms with Crippen LogP contribution in [0.4, 0.5) is 5.82 Å². The maximum atomic E-state index is 12.5. The van der Waals surface area contributed by atoms with E-state index >= 15 is 0 Å². The summed E-state index contributed by atoms with van der Waals surface area (Å²) in [6.07, 6.45) is 6.84. The van der Waals surface area contributed by atoms with Gasteiger partial charge in [0.25, 0.3) is 0 Å². The Morgan fingerprint density at radius 2 is 2.05 bits per heavy atom. The number of hydrogen-bond acceptors (Lipinski definition) is 5. The largest absolute Gasteiger partial charge is 0.307 e. The second-order valence-corrected chi connectivity index (χ2v) is 7.02. The van der Waals surface area contributed by atoms with E-state index in [1.54, 1.807) is 6.07 Å². The first-order valence-corrected chi connectivity index (χ1v) is 8.47. The number of rotatable bonds is 4. The number of hydrazine groups is 1. The summed E-state index contributed by atoms with van der Waals surface area (Å²) in [6.45, 7) is 2.10. The second kappa shape index (κ2) is 6.51. The molecule has 1 aliphatic carbocycles. The lowest BCUT2D eigenvalue weighted by atomic mass is 9.98. The van der Waals surface area contributed by atoms with Crippen molar-refractivity contribution >= 4 is 15.8 Å². The van der Waals surface area contributed by atoms with Gasteiger partial charge >= 0.3 is 0 Å². The molecule has 1 fully saturated rings. The maximum Gasteiger partial charge on any atom is 0.244 e. The molecular weight excluding hydrogens is 276 g/mol. The number of aromatic nitrogens is 1. The number of sulfonamides is 1. The van der Waals surface area contributed by atoms with E-state index in [0.29, 0.717) is 5.92 Å². The Labute approximate surface area is 120 Å². The molecular formula is C13H22N4O2S. The molecule has 1 heterocycles. The lowest BCUT2D eigenvalue weighted by Gasteiger charge is -2.23. The van der Waals surface area contributed by atoms with Gasteiger partial charge in [-0.1, -0.05) is 26.2 Å². The molecule has 112 valence electrons. The van der Waals surface area contributed by atoms with Crippen molar-refractivity contribution in [1.29, 1.82) is 0 Å². The highest BCUT2D eigenvalue weighted by atomic mass is 32.2. The second-order valence-electron chi connectivity index (χ2n) is 5.34. The number of anilines is 1. The Hall–Kier alpha value is -1.18. The molecule has 1 saturated carbocycles. The highest BCUT2D eigenvalue weighted by Crippen LogP contribution is 2.25. The Morgan fingerprint density at radius 3 is 2.80 bits per heavy atom. The SMILES string of the molecule is CC1CCCCCC1NS(=O)(=O)c1cccnc1NN. The van der Waals surface area contributed by atoms with E-state index in [9.17, 15) is 8.42 Å². The van der Waals surface area contributed by atoms with Crippen LogP contribution in [0.25, 0.3) is 0 Å². The van der Waals surface area contributed by atoms with E-state index in [1.165, 1.54) is 25.1 Å². The smallest absolute Gasteiger partial charge is 0.244 e. The Bertz CT molecular complexity index is 547. The van der Waals surface area contributed by atoms with Gasteiger partial charge in [0.1, 0.15) is 4.90 Å². The minimum atomic E-state index is -3.61. The van der Waals surface area contributed by atoms with Crippen LogP contribution in [0.5, 0.6) is 0 Å². The van der Waals surface area contributed by atoms with Crippen LogP contribution in [-0.4, -0.2) is 19.4 Å². The Kier molecular flexibility index (Phi) is 4.95. The summed E-state index contributed by atoms with van der Waals surface area (Å²) < 4.78 is 27.8. The van der Waals surface area contributed by atoms with Gasteiger partial charge in [-0.3, -0.25) is 0 Å². The summed E-state index contributed by atoms with van der Waals surface area (Å²) in [5, 5.41) is 0. The lowest BCUT2D eigenvalue weighted by molar-refractivity contribution is 0.399. The third-order valence-electron chi connectivity index (χ3n) is 3.86. The first kappa shape index (κ1) is 15.2. The van der Waals surface area contributed by atoms with Gasteiger partial charge < -0.3 is 5.43 Å². The molecule has 4 N–H and O–H groups in total. The molecule has 2 rings (SSSR count). The predicted molar refractivity (Wildman–Crippen MR) is 78.4 cm³/mol. The monoisotopic (exact) mass is 298 g/mol. The molecule has 2 atom stereocenters. The van der Waals surface area contributed by atoms with E-state index in [1.807, 2.05) is 0 Å². The Balaban J connectivity index is 2.22. The molecule has 0 saturated heterocycles. The van der Waals surface area contributed by atoms with Crippen LogP contribution in [0, 0.1) is 5.92 Å². The number of nitrogens with two attached hydrogens (primary N) is 1.